The Morgan fingerprint density at radius 2 is 1.79 bits per heavy atom. The first kappa shape index (κ1) is 23.7. The number of sulfonamides is 1. The maximum Gasteiger partial charge on any atom is 0.244 e. The molecule has 2 aliphatic rings. The van der Waals surface area contributed by atoms with Crippen LogP contribution in [-0.4, -0.2) is 56.1 Å². The molecule has 1 aliphatic heterocycles. The summed E-state index contributed by atoms with van der Waals surface area (Å²) in [5, 5.41) is 3.14. The van der Waals surface area contributed by atoms with Gasteiger partial charge in [-0.2, -0.15) is 4.31 Å². The van der Waals surface area contributed by atoms with Gasteiger partial charge in [0.15, 0.2) is 0 Å². The minimum absolute atomic E-state index is 0.0995. The molecule has 4 rings (SSSR count). The van der Waals surface area contributed by atoms with E-state index in [0.29, 0.717) is 28.4 Å². The van der Waals surface area contributed by atoms with Crippen LogP contribution in [0.15, 0.2) is 47.4 Å². The Labute approximate surface area is 199 Å². The van der Waals surface area contributed by atoms with Crippen LogP contribution in [-0.2, 0) is 32.5 Å². The first-order valence-corrected chi connectivity index (χ1v) is 13.0. The van der Waals surface area contributed by atoms with Crippen molar-refractivity contribution in [3.05, 3.63) is 58.6 Å². The van der Waals surface area contributed by atoms with Gasteiger partial charge in [-0.1, -0.05) is 29.8 Å². The van der Waals surface area contributed by atoms with Crippen molar-refractivity contribution in [2.45, 2.75) is 37.0 Å². The fourth-order valence-electron chi connectivity index (χ4n) is 4.56. The molecule has 1 N–H and O–H groups in total. The number of hydrogen-bond donors (Lipinski definition) is 1. The van der Waals surface area contributed by atoms with E-state index in [0.717, 1.165) is 24.8 Å². The second kappa shape index (κ2) is 9.83. The molecule has 176 valence electrons. The van der Waals surface area contributed by atoms with Crippen molar-refractivity contribution in [1.29, 1.82) is 0 Å². The molecule has 2 amide bonds. The molecule has 1 fully saturated rings. The fraction of sp³-hybridized carbons (Fsp3) is 0.417. The molecule has 0 unspecified atom stereocenters. The first-order chi connectivity index (χ1) is 15.8. The van der Waals surface area contributed by atoms with E-state index < -0.39 is 10.0 Å². The van der Waals surface area contributed by atoms with Gasteiger partial charge in [0.1, 0.15) is 0 Å². The largest absolute Gasteiger partial charge is 0.336 e. The highest BCUT2D eigenvalue weighted by Crippen LogP contribution is 2.29. The van der Waals surface area contributed by atoms with E-state index in [1.807, 2.05) is 6.07 Å². The topological polar surface area (TPSA) is 86.8 Å². The van der Waals surface area contributed by atoms with Gasteiger partial charge < -0.3 is 10.2 Å². The number of anilines is 1. The van der Waals surface area contributed by atoms with Crippen LogP contribution in [0.5, 0.6) is 0 Å². The Balaban J connectivity index is 1.32. The summed E-state index contributed by atoms with van der Waals surface area (Å²) in [6.45, 7) is 0.475. The Kier molecular flexibility index (Phi) is 7.07. The fourth-order valence-corrected chi connectivity index (χ4v) is 6.26. The number of amides is 2. The maximum atomic E-state index is 13.1. The van der Waals surface area contributed by atoms with Gasteiger partial charge in [0, 0.05) is 26.1 Å². The Morgan fingerprint density at radius 1 is 1.09 bits per heavy atom. The van der Waals surface area contributed by atoms with Crippen molar-refractivity contribution in [3.63, 3.8) is 0 Å². The lowest BCUT2D eigenvalue weighted by atomic mass is 9.96. The number of para-hydroxylation sites is 1. The number of aryl methyl sites for hydroxylation is 2. The number of likely N-dealkylation sites (N-methyl/N-ethyl adjacent to an activating group) is 1. The molecule has 9 heteroatoms. The smallest absolute Gasteiger partial charge is 0.244 e. The molecule has 1 heterocycles. The maximum absolute atomic E-state index is 13.1. The third-order valence-corrected chi connectivity index (χ3v) is 8.64. The average molecular weight is 490 g/mol. The molecular formula is C24H28ClN3O4S. The van der Waals surface area contributed by atoms with E-state index in [-0.39, 0.29) is 37.4 Å². The van der Waals surface area contributed by atoms with Crippen molar-refractivity contribution >= 4 is 39.1 Å². The van der Waals surface area contributed by atoms with Crippen LogP contribution in [0.2, 0.25) is 5.02 Å². The molecule has 0 bridgehead atoms. The van der Waals surface area contributed by atoms with E-state index in [9.17, 15) is 18.0 Å². The van der Waals surface area contributed by atoms with Crippen molar-refractivity contribution in [2.24, 2.45) is 5.92 Å². The molecule has 0 spiro atoms. The Hall–Kier alpha value is -2.42. The van der Waals surface area contributed by atoms with Crippen LogP contribution >= 0.6 is 11.6 Å². The van der Waals surface area contributed by atoms with E-state index in [1.54, 1.807) is 43.4 Å². The summed E-state index contributed by atoms with van der Waals surface area (Å²) < 4.78 is 27.7. The molecule has 1 aliphatic carbocycles. The zero-order chi connectivity index (χ0) is 23.6. The lowest BCUT2D eigenvalue weighted by molar-refractivity contribution is -0.138. The second-order valence-electron chi connectivity index (χ2n) is 8.68. The van der Waals surface area contributed by atoms with Crippen LogP contribution in [0, 0.1) is 5.92 Å². The van der Waals surface area contributed by atoms with Crippen molar-refractivity contribution in [1.82, 2.24) is 9.21 Å². The van der Waals surface area contributed by atoms with E-state index >= 15 is 0 Å². The summed E-state index contributed by atoms with van der Waals surface area (Å²) in [6, 6.07) is 12.3. The summed E-state index contributed by atoms with van der Waals surface area (Å²) in [5.41, 5.74) is 2.85. The summed E-state index contributed by atoms with van der Waals surface area (Å²) in [5.74, 6) is -0.802. The highest BCUT2D eigenvalue weighted by Gasteiger charge is 2.34. The van der Waals surface area contributed by atoms with E-state index in [4.69, 9.17) is 11.6 Å². The van der Waals surface area contributed by atoms with Crippen molar-refractivity contribution < 1.29 is 18.0 Å². The standard InChI is InChI=1S/C24H28ClN3O4S/c1-27(16-23(29)26-22-8-3-2-7-21(22)25)24(30)18-11-13-28(14-12-18)33(31,32)20-10-9-17-5-4-6-19(17)15-20/h2-3,7-10,15,18H,4-6,11-14,16H2,1H3,(H,26,29). The number of fused-ring (bicyclic) bond motifs is 1. The van der Waals surface area contributed by atoms with E-state index in [2.05, 4.69) is 5.32 Å². The summed E-state index contributed by atoms with van der Waals surface area (Å²) in [6.07, 6.45) is 3.86. The molecule has 0 aromatic heterocycles. The molecule has 0 saturated carbocycles. The molecule has 0 radical (unpaired) electrons. The minimum atomic E-state index is -3.58. The monoisotopic (exact) mass is 489 g/mol. The lowest BCUT2D eigenvalue weighted by Gasteiger charge is -2.32. The minimum Gasteiger partial charge on any atom is -0.336 e. The SMILES string of the molecule is CN(CC(=O)Nc1ccccc1Cl)C(=O)C1CCN(S(=O)(=O)c2ccc3c(c2)CCC3)CC1. The summed E-state index contributed by atoms with van der Waals surface area (Å²) >= 11 is 6.06. The third kappa shape index (κ3) is 5.23. The van der Waals surface area contributed by atoms with Gasteiger partial charge in [-0.05, 0) is 67.5 Å². The highest BCUT2D eigenvalue weighted by molar-refractivity contribution is 7.89. The predicted molar refractivity (Wildman–Crippen MR) is 128 cm³/mol. The Bertz CT molecular complexity index is 1160. The highest BCUT2D eigenvalue weighted by atomic mass is 35.5. The van der Waals surface area contributed by atoms with Gasteiger partial charge in [-0.25, -0.2) is 8.42 Å². The number of piperidine rings is 1. The normalized spacial score (nSPS) is 16.9. The Morgan fingerprint density at radius 3 is 2.52 bits per heavy atom. The van der Waals surface area contributed by atoms with Crippen molar-refractivity contribution in [2.75, 3.05) is 32.0 Å². The van der Waals surface area contributed by atoms with Gasteiger partial charge in [0.05, 0.1) is 22.2 Å². The number of hydrogen-bond acceptors (Lipinski definition) is 4. The number of rotatable bonds is 6. The molecule has 33 heavy (non-hydrogen) atoms. The van der Waals surface area contributed by atoms with Gasteiger partial charge in [0.2, 0.25) is 21.8 Å². The number of benzene rings is 2. The molecule has 7 nitrogen and oxygen atoms in total. The van der Waals surface area contributed by atoms with Crippen molar-refractivity contribution in [3.8, 4) is 0 Å². The molecular weight excluding hydrogens is 462 g/mol. The zero-order valence-electron chi connectivity index (χ0n) is 18.6. The van der Waals surface area contributed by atoms with Crippen LogP contribution in [0.3, 0.4) is 0 Å². The molecule has 1 saturated heterocycles. The van der Waals surface area contributed by atoms with E-state index in [1.165, 1.54) is 14.8 Å². The quantitative estimate of drug-likeness (QED) is 0.674. The van der Waals surface area contributed by atoms with Gasteiger partial charge in [-0.15, -0.1) is 0 Å². The number of nitrogens with zero attached hydrogens (tertiary/aromatic N) is 2. The van der Waals surface area contributed by atoms with Crippen LogP contribution in [0.4, 0.5) is 5.69 Å². The zero-order valence-corrected chi connectivity index (χ0v) is 20.2. The number of carbonyl (C=O) groups is 2. The number of nitrogens with one attached hydrogen (secondary N) is 1. The molecule has 0 atom stereocenters. The lowest BCUT2D eigenvalue weighted by Crippen LogP contribution is -2.45. The number of halogens is 1. The van der Waals surface area contributed by atoms with Crippen LogP contribution < -0.4 is 5.32 Å². The van der Waals surface area contributed by atoms with Crippen LogP contribution in [0.1, 0.15) is 30.4 Å². The molecule has 2 aromatic rings. The second-order valence-corrected chi connectivity index (χ2v) is 11.0. The summed E-state index contributed by atoms with van der Waals surface area (Å²) in [4.78, 5) is 26.9. The first-order valence-electron chi connectivity index (χ1n) is 11.2. The third-order valence-electron chi connectivity index (χ3n) is 6.42. The van der Waals surface area contributed by atoms with Gasteiger partial charge in [-0.3, -0.25) is 9.59 Å². The number of carbonyl (C=O) groups excluding carboxylic acids is 2. The van der Waals surface area contributed by atoms with Gasteiger partial charge >= 0.3 is 0 Å². The summed E-state index contributed by atoms with van der Waals surface area (Å²) in [7, 11) is -1.99. The predicted octanol–water partition coefficient (Wildman–Crippen LogP) is 3.33. The average Bonchev–Trinajstić information content (AvgIpc) is 3.28. The molecule has 2 aromatic carbocycles. The van der Waals surface area contributed by atoms with Crippen LogP contribution in [0.25, 0.3) is 0 Å². The van der Waals surface area contributed by atoms with Gasteiger partial charge in [0.25, 0.3) is 0 Å².